The zero-order valence-corrected chi connectivity index (χ0v) is 22.9. The van der Waals surface area contributed by atoms with Crippen LogP contribution >= 0.6 is 46.7 Å². The van der Waals surface area contributed by atoms with Crippen molar-refractivity contribution in [1.82, 2.24) is 9.53 Å². The summed E-state index contributed by atoms with van der Waals surface area (Å²) in [7, 11) is 0. The van der Waals surface area contributed by atoms with Crippen LogP contribution in [0.1, 0.15) is 42.9 Å². The van der Waals surface area contributed by atoms with Gasteiger partial charge in [0, 0.05) is 53.2 Å². The molecule has 1 saturated heterocycles. The molecule has 2 aliphatic rings. The molecule has 0 amide bonds. The highest BCUT2D eigenvalue weighted by Gasteiger charge is 2.34. The van der Waals surface area contributed by atoms with E-state index in [1.807, 2.05) is 18.2 Å². The molecule has 1 aliphatic carbocycles. The standard InChI is InChI=1S/C26H24Cl2N4O3S2/c27-20-2-1-3-21(28)23(20)24-19(25(35-29-24)15-4-5-15)13-34-17-8-10-32(11-9-17)16-6-7-18-22(12-16)37-31-26(18)30-36-14-33/h1-3,6-7,12,14-15,17H,4-5,8-11,13H2,(H,30,31). The number of fused-ring (bicyclic) bond motifs is 1. The molecular weight excluding hydrogens is 551 g/mol. The second kappa shape index (κ2) is 10.8. The van der Waals surface area contributed by atoms with E-state index < -0.39 is 0 Å². The van der Waals surface area contributed by atoms with Gasteiger partial charge in [-0.05, 0) is 67.5 Å². The number of piperidine rings is 1. The third kappa shape index (κ3) is 5.20. The molecule has 192 valence electrons. The summed E-state index contributed by atoms with van der Waals surface area (Å²) in [6, 6.07) is 11.8. The van der Waals surface area contributed by atoms with E-state index in [1.165, 1.54) is 17.2 Å². The SMILES string of the molecule is O=CSNc1nsc2cc(N3CCC(OCc4c(-c5c(Cl)cccc5Cl)noc4C4CC4)CC3)ccc12. The first-order chi connectivity index (χ1) is 18.1. The molecule has 2 aromatic carbocycles. The molecule has 0 atom stereocenters. The van der Waals surface area contributed by atoms with Gasteiger partial charge in [0.05, 0.1) is 27.5 Å². The molecule has 37 heavy (non-hydrogen) atoms. The lowest BCUT2D eigenvalue weighted by atomic mass is 10.0. The Labute approximate surface area is 232 Å². The fourth-order valence-corrected chi connectivity index (χ4v) is 6.53. The highest BCUT2D eigenvalue weighted by atomic mass is 35.5. The van der Waals surface area contributed by atoms with Gasteiger partial charge in [-0.15, -0.1) is 0 Å². The molecule has 11 heteroatoms. The predicted octanol–water partition coefficient (Wildman–Crippen LogP) is 7.57. The summed E-state index contributed by atoms with van der Waals surface area (Å²) in [5, 5.41) is 6.51. The minimum absolute atomic E-state index is 0.149. The van der Waals surface area contributed by atoms with E-state index in [4.69, 9.17) is 32.5 Å². The quantitative estimate of drug-likeness (QED) is 0.162. The van der Waals surface area contributed by atoms with Gasteiger partial charge < -0.3 is 18.9 Å². The topological polar surface area (TPSA) is 80.5 Å². The lowest BCUT2D eigenvalue weighted by Gasteiger charge is -2.33. The number of anilines is 2. The average Bonchev–Trinajstić information content (AvgIpc) is 3.55. The van der Waals surface area contributed by atoms with Gasteiger partial charge in [0.2, 0.25) is 0 Å². The van der Waals surface area contributed by atoms with Crippen LogP contribution in [0.3, 0.4) is 0 Å². The van der Waals surface area contributed by atoms with E-state index in [9.17, 15) is 4.79 Å². The predicted molar refractivity (Wildman–Crippen MR) is 152 cm³/mol. The first-order valence-corrected chi connectivity index (χ1v) is 14.6. The van der Waals surface area contributed by atoms with Crippen LogP contribution in [0, 0.1) is 0 Å². The van der Waals surface area contributed by atoms with Crippen LogP contribution in [0.5, 0.6) is 0 Å². The number of nitrogens with zero attached hydrogens (tertiary/aromatic N) is 3. The van der Waals surface area contributed by atoms with Gasteiger partial charge in [-0.2, -0.15) is 4.37 Å². The second-order valence-corrected chi connectivity index (χ2v) is 11.5. The number of rotatable bonds is 9. The van der Waals surface area contributed by atoms with Crippen LogP contribution in [0.2, 0.25) is 10.0 Å². The summed E-state index contributed by atoms with van der Waals surface area (Å²) in [6.45, 7) is 2.24. The van der Waals surface area contributed by atoms with Gasteiger partial charge in [0.1, 0.15) is 11.5 Å². The highest BCUT2D eigenvalue weighted by Crippen LogP contribution is 2.46. The summed E-state index contributed by atoms with van der Waals surface area (Å²) >= 11 is 15.4. The molecule has 2 fully saturated rings. The molecular formula is C26H24Cl2N4O3S2. The maximum absolute atomic E-state index is 10.6. The maximum atomic E-state index is 10.6. The molecule has 4 aromatic rings. The molecule has 1 saturated carbocycles. The van der Waals surface area contributed by atoms with Crippen molar-refractivity contribution in [2.45, 2.75) is 44.3 Å². The number of halogens is 2. The molecule has 0 radical (unpaired) electrons. The second-order valence-electron chi connectivity index (χ2n) is 9.27. The molecule has 7 nitrogen and oxygen atoms in total. The first-order valence-electron chi connectivity index (χ1n) is 12.2. The Morgan fingerprint density at radius 1 is 1.16 bits per heavy atom. The van der Waals surface area contributed by atoms with Crippen molar-refractivity contribution in [2.24, 2.45) is 0 Å². The maximum Gasteiger partial charge on any atom is 0.196 e. The average molecular weight is 576 g/mol. The van der Waals surface area contributed by atoms with Gasteiger partial charge >= 0.3 is 0 Å². The largest absolute Gasteiger partial charge is 0.373 e. The van der Waals surface area contributed by atoms with Crippen molar-refractivity contribution < 1.29 is 14.1 Å². The zero-order chi connectivity index (χ0) is 25.4. The van der Waals surface area contributed by atoms with Gasteiger partial charge in [0.25, 0.3) is 0 Å². The highest BCUT2D eigenvalue weighted by molar-refractivity contribution is 8.13. The molecule has 3 heterocycles. The number of nitrogens with one attached hydrogen (secondary N) is 1. The van der Waals surface area contributed by atoms with Crippen LogP contribution in [0.25, 0.3) is 21.3 Å². The Hall–Kier alpha value is -2.30. The fraction of sp³-hybridized carbons (Fsp3) is 0.346. The van der Waals surface area contributed by atoms with Crippen LogP contribution in [-0.2, 0) is 16.1 Å². The molecule has 0 bridgehead atoms. The summed E-state index contributed by atoms with van der Waals surface area (Å²) in [4.78, 5) is 13.0. The third-order valence-electron chi connectivity index (χ3n) is 6.90. The van der Waals surface area contributed by atoms with Crippen molar-refractivity contribution in [1.29, 1.82) is 0 Å². The van der Waals surface area contributed by atoms with E-state index in [2.05, 4.69) is 37.4 Å². The number of carbonyl (C=O) groups excluding carboxylic acids is 1. The smallest absolute Gasteiger partial charge is 0.196 e. The van der Waals surface area contributed by atoms with Crippen LogP contribution < -0.4 is 9.62 Å². The van der Waals surface area contributed by atoms with E-state index in [1.54, 1.807) is 0 Å². The van der Waals surface area contributed by atoms with Crippen LogP contribution in [-0.4, -0.2) is 34.3 Å². The minimum Gasteiger partial charge on any atom is -0.373 e. The van der Waals surface area contributed by atoms with Crippen molar-refractivity contribution >= 4 is 73.9 Å². The molecule has 0 unspecified atom stereocenters. The first kappa shape index (κ1) is 25.0. The number of hydrogen-bond donors (Lipinski definition) is 1. The van der Waals surface area contributed by atoms with Crippen LogP contribution in [0.15, 0.2) is 40.9 Å². The lowest BCUT2D eigenvalue weighted by Crippen LogP contribution is -2.37. The molecule has 6 rings (SSSR count). The molecule has 1 N–H and O–H groups in total. The molecule has 2 aromatic heterocycles. The van der Waals surface area contributed by atoms with E-state index in [0.717, 1.165) is 83.6 Å². The number of aromatic nitrogens is 2. The Kier molecular flexibility index (Phi) is 7.31. The third-order valence-corrected chi connectivity index (χ3v) is 8.74. The Balaban J connectivity index is 1.12. The number of ether oxygens (including phenoxy) is 1. The molecule has 0 spiro atoms. The Morgan fingerprint density at radius 3 is 2.68 bits per heavy atom. The lowest BCUT2D eigenvalue weighted by molar-refractivity contribution is 0.0246. The summed E-state index contributed by atoms with van der Waals surface area (Å²) in [5.74, 6) is 2.03. The van der Waals surface area contributed by atoms with Gasteiger partial charge in [0.15, 0.2) is 11.4 Å². The number of benzene rings is 2. The normalized spacial score (nSPS) is 16.4. The van der Waals surface area contributed by atoms with Crippen molar-refractivity contribution in [2.75, 3.05) is 22.7 Å². The van der Waals surface area contributed by atoms with Crippen molar-refractivity contribution in [3.63, 3.8) is 0 Å². The van der Waals surface area contributed by atoms with Crippen molar-refractivity contribution in [3.8, 4) is 11.3 Å². The monoisotopic (exact) mass is 574 g/mol. The van der Waals surface area contributed by atoms with E-state index in [-0.39, 0.29) is 6.10 Å². The van der Waals surface area contributed by atoms with Gasteiger partial charge in [-0.25, -0.2) is 0 Å². The van der Waals surface area contributed by atoms with Crippen molar-refractivity contribution in [3.05, 3.63) is 57.8 Å². The Bertz CT molecular complexity index is 1410. The van der Waals surface area contributed by atoms with Crippen LogP contribution in [0.4, 0.5) is 11.5 Å². The minimum atomic E-state index is 0.149. The summed E-state index contributed by atoms with van der Waals surface area (Å²) < 4.78 is 20.7. The van der Waals surface area contributed by atoms with E-state index in [0.29, 0.717) is 33.8 Å². The van der Waals surface area contributed by atoms with E-state index >= 15 is 0 Å². The Morgan fingerprint density at radius 2 is 1.95 bits per heavy atom. The fourth-order valence-electron chi connectivity index (χ4n) is 4.81. The van der Waals surface area contributed by atoms with Gasteiger partial charge in [-0.3, -0.25) is 4.79 Å². The summed E-state index contributed by atoms with van der Waals surface area (Å²) in [6.07, 6.45) is 4.21. The summed E-state index contributed by atoms with van der Waals surface area (Å²) in [5.41, 5.74) is 4.29. The zero-order valence-electron chi connectivity index (χ0n) is 19.8. The van der Waals surface area contributed by atoms with Gasteiger partial charge in [-0.1, -0.05) is 34.4 Å². The number of carbonyl (C=O) groups is 1. The number of hydrogen-bond acceptors (Lipinski definition) is 9. The molecule has 1 aliphatic heterocycles.